The van der Waals surface area contributed by atoms with Gasteiger partial charge in [0.2, 0.25) is 11.8 Å². The number of oxime groups is 1. The first-order valence-electron chi connectivity index (χ1n) is 7.43. The van der Waals surface area contributed by atoms with Crippen LogP contribution < -0.4 is 15.8 Å². The van der Waals surface area contributed by atoms with Crippen LogP contribution in [0.25, 0.3) is 0 Å². The number of anilines is 2. The van der Waals surface area contributed by atoms with Gasteiger partial charge in [0.1, 0.15) is 18.1 Å². The number of aromatic hydroxyl groups is 1. The van der Waals surface area contributed by atoms with Gasteiger partial charge in [-0.3, -0.25) is 10.1 Å². The molecule has 0 unspecified atom stereocenters. The molecule has 5 N–H and O–H groups in total. The van der Waals surface area contributed by atoms with E-state index in [1.165, 1.54) is 0 Å². The first-order valence-corrected chi connectivity index (χ1v) is 7.43. The Balaban J connectivity index is 2.25. The van der Waals surface area contributed by atoms with Crippen molar-refractivity contribution in [2.24, 2.45) is 5.16 Å². The van der Waals surface area contributed by atoms with Crippen LogP contribution in [-0.4, -0.2) is 43.1 Å². The highest BCUT2D eigenvalue weighted by molar-refractivity contribution is 5.96. The van der Waals surface area contributed by atoms with Crippen LogP contribution in [0.4, 0.5) is 17.5 Å². The van der Waals surface area contributed by atoms with Crippen LogP contribution in [-0.2, 0) is 0 Å². The van der Waals surface area contributed by atoms with Gasteiger partial charge in [0.25, 0.3) is 5.88 Å². The van der Waals surface area contributed by atoms with Gasteiger partial charge in [0.15, 0.2) is 0 Å². The van der Waals surface area contributed by atoms with Crippen LogP contribution in [0.2, 0.25) is 0 Å². The molecule has 0 aliphatic heterocycles. The Morgan fingerprint density at radius 3 is 2.62 bits per heavy atom. The third-order valence-electron chi connectivity index (χ3n) is 3.46. The fourth-order valence-electron chi connectivity index (χ4n) is 2.09. The minimum Gasteiger partial charge on any atom is -0.488 e. The van der Waals surface area contributed by atoms with Crippen molar-refractivity contribution in [1.82, 2.24) is 9.97 Å². The zero-order chi connectivity index (χ0) is 19.3. The third kappa shape index (κ3) is 4.26. The van der Waals surface area contributed by atoms with Crippen molar-refractivity contribution in [1.29, 1.82) is 0 Å². The molecule has 11 heteroatoms. The molecule has 0 atom stereocenters. The molecule has 1 aromatic carbocycles. The summed E-state index contributed by atoms with van der Waals surface area (Å²) >= 11 is 0. The zero-order valence-electron chi connectivity index (χ0n) is 14.1. The number of hydrogen-bond donors (Lipinski definition) is 4. The number of nitrogen functional groups attached to an aromatic ring is 1. The summed E-state index contributed by atoms with van der Waals surface area (Å²) in [4.78, 5) is 17.4. The molecular formula is C15H18N6O5. The lowest BCUT2D eigenvalue weighted by Crippen LogP contribution is -2.43. The highest BCUT2D eigenvalue weighted by atomic mass is 16.6. The lowest BCUT2D eigenvalue weighted by Gasteiger charge is -2.27. The predicted octanol–water partition coefficient (Wildman–Crippen LogP) is 1.77. The van der Waals surface area contributed by atoms with E-state index in [4.69, 9.17) is 10.5 Å². The van der Waals surface area contributed by atoms with Gasteiger partial charge in [-0.2, -0.15) is 9.97 Å². The van der Waals surface area contributed by atoms with Crippen LogP contribution in [0.5, 0.6) is 11.6 Å². The standard InChI is InChI=1S/C15H18N6O5/c1-15(2,10(20-23)8-26-9-6-4-3-5-7-9)19-12-11(21(24)25)13(22)18-14(16)17-12/h3-7,23H,8H2,1-2H3,(H4,16,17,18,19,22)/b20-10+. The molecule has 0 saturated carbocycles. The molecule has 26 heavy (non-hydrogen) atoms. The number of para-hydroxylation sites is 1. The molecule has 0 amide bonds. The van der Waals surface area contributed by atoms with Crippen molar-refractivity contribution in [2.45, 2.75) is 19.4 Å². The van der Waals surface area contributed by atoms with Crippen LogP contribution in [0.1, 0.15) is 13.8 Å². The minimum absolute atomic E-state index is 0.0964. The van der Waals surface area contributed by atoms with E-state index in [2.05, 4.69) is 20.4 Å². The second-order valence-corrected chi connectivity index (χ2v) is 5.76. The Kier molecular flexibility index (Phi) is 5.40. The number of nitrogens with zero attached hydrogens (tertiary/aromatic N) is 4. The van der Waals surface area contributed by atoms with E-state index in [0.29, 0.717) is 5.75 Å². The summed E-state index contributed by atoms with van der Waals surface area (Å²) in [5, 5.41) is 36.1. The molecule has 0 aliphatic carbocycles. The van der Waals surface area contributed by atoms with Crippen molar-refractivity contribution in [3.8, 4) is 11.6 Å². The third-order valence-corrected chi connectivity index (χ3v) is 3.46. The summed E-state index contributed by atoms with van der Waals surface area (Å²) in [6.45, 7) is 3.09. The van der Waals surface area contributed by atoms with Crippen molar-refractivity contribution >= 4 is 23.2 Å². The second-order valence-electron chi connectivity index (χ2n) is 5.76. The van der Waals surface area contributed by atoms with Gasteiger partial charge in [-0.15, -0.1) is 0 Å². The van der Waals surface area contributed by atoms with Crippen LogP contribution >= 0.6 is 0 Å². The Morgan fingerprint density at radius 1 is 1.38 bits per heavy atom. The maximum absolute atomic E-state index is 11.2. The molecule has 0 aliphatic rings. The summed E-state index contributed by atoms with van der Waals surface area (Å²) in [6.07, 6.45) is 0. The summed E-state index contributed by atoms with van der Waals surface area (Å²) in [5.41, 5.74) is 3.71. The van der Waals surface area contributed by atoms with E-state index in [0.717, 1.165) is 0 Å². The molecule has 1 heterocycles. The first-order chi connectivity index (χ1) is 12.2. The molecule has 0 bridgehead atoms. The average Bonchev–Trinajstić information content (AvgIpc) is 2.54. The molecule has 1 aromatic heterocycles. The topological polar surface area (TPSA) is 169 Å². The van der Waals surface area contributed by atoms with E-state index in [1.54, 1.807) is 38.1 Å². The largest absolute Gasteiger partial charge is 0.488 e. The molecule has 0 radical (unpaired) electrons. The van der Waals surface area contributed by atoms with Gasteiger partial charge in [0.05, 0.1) is 10.5 Å². The van der Waals surface area contributed by atoms with Gasteiger partial charge in [-0.25, -0.2) is 0 Å². The monoisotopic (exact) mass is 362 g/mol. The van der Waals surface area contributed by atoms with Gasteiger partial charge >= 0.3 is 5.69 Å². The van der Waals surface area contributed by atoms with Gasteiger partial charge < -0.3 is 26.1 Å². The number of nitrogens with two attached hydrogens (primary N) is 1. The molecule has 138 valence electrons. The average molecular weight is 362 g/mol. The van der Waals surface area contributed by atoms with E-state index in [-0.39, 0.29) is 24.1 Å². The van der Waals surface area contributed by atoms with E-state index >= 15 is 0 Å². The highest BCUT2D eigenvalue weighted by Crippen LogP contribution is 2.33. The number of aromatic nitrogens is 2. The second kappa shape index (κ2) is 7.51. The smallest absolute Gasteiger partial charge is 0.372 e. The van der Waals surface area contributed by atoms with Crippen molar-refractivity contribution in [3.63, 3.8) is 0 Å². The maximum Gasteiger partial charge on any atom is 0.372 e. The predicted molar refractivity (Wildman–Crippen MR) is 93.6 cm³/mol. The fraction of sp³-hybridized carbons (Fsp3) is 0.267. The number of nitrogens with one attached hydrogen (secondary N) is 1. The molecule has 2 aromatic rings. The number of benzene rings is 1. The number of ether oxygens (including phenoxy) is 1. The van der Waals surface area contributed by atoms with Crippen molar-refractivity contribution in [3.05, 3.63) is 40.4 Å². The summed E-state index contributed by atoms with van der Waals surface area (Å²) < 4.78 is 5.54. The van der Waals surface area contributed by atoms with Crippen LogP contribution in [0, 0.1) is 10.1 Å². The van der Waals surface area contributed by atoms with Crippen LogP contribution in [0.15, 0.2) is 35.5 Å². The molecule has 0 fully saturated rings. The number of hydrogen-bond acceptors (Lipinski definition) is 10. The van der Waals surface area contributed by atoms with Crippen molar-refractivity contribution in [2.75, 3.05) is 17.7 Å². The van der Waals surface area contributed by atoms with Gasteiger partial charge in [-0.05, 0) is 26.0 Å². The Hall–Kier alpha value is -3.63. The minimum atomic E-state index is -1.12. The Labute approximate surface area is 148 Å². The fourth-order valence-corrected chi connectivity index (χ4v) is 2.09. The Bertz CT molecular complexity index is 825. The summed E-state index contributed by atoms with van der Waals surface area (Å²) in [5.74, 6) is -0.983. The van der Waals surface area contributed by atoms with Gasteiger partial charge in [0, 0.05) is 0 Å². The SMILES string of the molecule is CC(C)(Nc1nc(N)nc(O)c1[N+](=O)[O-])/C(COc1ccccc1)=N/O. The number of nitro groups is 1. The van der Waals surface area contributed by atoms with E-state index < -0.39 is 22.0 Å². The van der Waals surface area contributed by atoms with Crippen molar-refractivity contribution < 1.29 is 20.0 Å². The molecule has 2 rings (SSSR count). The molecule has 0 saturated heterocycles. The molecule has 0 spiro atoms. The van der Waals surface area contributed by atoms with E-state index in [9.17, 15) is 20.4 Å². The number of rotatable bonds is 7. The zero-order valence-corrected chi connectivity index (χ0v) is 14.1. The quantitative estimate of drug-likeness (QED) is 0.248. The summed E-state index contributed by atoms with van der Waals surface area (Å²) in [7, 11) is 0. The first kappa shape index (κ1) is 18.7. The lowest BCUT2D eigenvalue weighted by atomic mass is 9.98. The van der Waals surface area contributed by atoms with Crippen LogP contribution in [0.3, 0.4) is 0 Å². The Morgan fingerprint density at radius 2 is 2.04 bits per heavy atom. The van der Waals surface area contributed by atoms with E-state index in [1.807, 2.05) is 6.07 Å². The normalized spacial score (nSPS) is 11.8. The molecule has 11 nitrogen and oxygen atoms in total. The molecular weight excluding hydrogens is 344 g/mol. The highest BCUT2D eigenvalue weighted by Gasteiger charge is 2.32. The summed E-state index contributed by atoms with van der Waals surface area (Å²) in [6, 6.07) is 8.84. The van der Waals surface area contributed by atoms with Gasteiger partial charge in [-0.1, -0.05) is 23.4 Å². The maximum atomic E-state index is 11.2. The lowest BCUT2D eigenvalue weighted by molar-refractivity contribution is -0.385.